The normalized spacial score (nSPS) is 10.4. The van der Waals surface area contributed by atoms with Crippen LogP contribution in [0.3, 0.4) is 0 Å². The number of hydrogen-bond acceptors (Lipinski definition) is 3. The quantitative estimate of drug-likeness (QED) is 0.807. The molecule has 2 aromatic rings. The monoisotopic (exact) mass is 314 g/mol. The van der Waals surface area contributed by atoms with E-state index in [-0.39, 0.29) is 11.6 Å². The Morgan fingerprint density at radius 3 is 2.78 bits per heavy atom. The van der Waals surface area contributed by atoms with Crippen molar-refractivity contribution in [3.05, 3.63) is 46.3 Å². The van der Waals surface area contributed by atoms with Crippen LogP contribution in [0, 0.1) is 11.6 Å². The number of hydrogen-bond donors (Lipinski definition) is 0. The van der Waals surface area contributed by atoms with Crippen LogP contribution in [0.25, 0.3) is 0 Å². The lowest BCUT2D eigenvalue weighted by atomic mass is 10.3. The lowest BCUT2D eigenvalue weighted by Gasteiger charge is -2.07. The largest absolute Gasteiger partial charge is 0.436 e. The highest BCUT2D eigenvalue weighted by atomic mass is 79.9. The van der Waals surface area contributed by atoms with Gasteiger partial charge in [-0.1, -0.05) is 13.0 Å². The van der Waals surface area contributed by atoms with Crippen LogP contribution in [0.1, 0.15) is 12.7 Å². The second kappa shape index (κ2) is 5.39. The number of halogens is 3. The summed E-state index contributed by atoms with van der Waals surface area (Å²) in [5, 5.41) is 0. The van der Waals surface area contributed by atoms with Gasteiger partial charge in [0.25, 0.3) is 0 Å². The van der Waals surface area contributed by atoms with Crippen LogP contribution in [0.2, 0.25) is 0 Å². The molecule has 0 saturated heterocycles. The fourth-order valence-corrected chi connectivity index (χ4v) is 1.73. The van der Waals surface area contributed by atoms with E-state index in [9.17, 15) is 8.78 Å². The lowest BCUT2D eigenvalue weighted by Crippen LogP contribution is -1.98. The standard InChI is InChI=1S/C12H9BrF2N2O/c1-2-10-16-9(13)6-11(17-10)18-8-5-3-4-7(14)12(8)15/h3-6H,2H2,1H3. The first kappa shape index (κ1) is 12.9. The molecular weight excluding hydrogens is 306 g/mol. The maximum Gasteiger partial charge on any atom is 0.223 e. The van der Waals surface area contributed by atoms with Crippen molar-refractivity contribution in [1.82, 2.24) is 9.97 Å². The molecule has 1 heterocycles. The van der Waals surface area contributed by atoms with Crippen molar-refractivity contribution >= 4 is 15.9 Å². The SMILES string of the molecule is CCc1nc(Br)cc(Oc2cccc(F)c2F)n1. The summed E-state index contributed by atoms with van der Waals surface area (Å²) in [6, 6.07) is 5.21. The number of ether oxygens (including phenoxy) is 1. The van der Waals surface area contributed by atoms with Gasteiger partial charge in [0.05, 0.1) is 0 Å². The zero-order valence-electron chi connectivity index (χ0n) is 9.45. The molecule has 0 spiro atoms. The molecule has 0 atom stereocenters. The van der Waals surface area contributed by atoms with Gasteiger partial charge in [0.1, 0.15) is 10.4 Å². The number of aromatic nitrogens is 2. The van der Waals surface area contributed by atoms with Gasteiger partial charge in [-0.3, -0.25) is 0 Å². The van der Waals surface area contributed by atoms with Gasteiger partial charge in [0, 0.05) is 12.5 Å². The molecule has 0 amide bonds. The fourth-order valence-electron chi connectivity index (χ4n) is 1.33. The molecule has 3 nitrogen and oxygen atoms in total. The van der Waals surface area contributed by atoms with Gasteiger partial charge in [0.15, 0.2) is 11.6 Å². The minimum absolute atomic E-state index is 0.165. The maximum absolute atomic E-state index is 13.4. The average Bonchev–Trinajstić information content (AvgIpc) is 2.34. The van der Waals surface area contributed by atoms with Crippen molar-refractivity contribution in [3.63, 3.8) is 0 Å². The molecule has 0 saturated carbocycles. The van der Waals surface area contributed by atoms with E-state index in [1.807, 2.05) is 6.92 Å². The molecule has 1 aromatic heterocycles. The molecule has 0 unspecified atom stereocenters. The molecule has 1 aromatic carbocycles. The van der Waals surface area contributed by atoms with Gasteiger partial charge in [0.2, 0.25) is 11.7 Å². The third kappa shape index (κ3) is 2.81. The average molecular weight is 315 g/mol. The zero-order valence-corrected chi connectivity index (χ0v) is 11.0. The predicted octanol–water partition coefficient (Wildman–Crippen LogP) is 3.87. The third-order valence-corrected chi connectivity index (χ3v) is 2.57. The van der Waals surface area contributed by atoms with Gasteiger partial charge < -0.3 is 4.74 Å². The molecule has 0 bridgehead atoms. The Kier molecular flexibility index (Phi) is 3.86. The molecule has 94 valence electrons. The van der Waals surface area contributed by atoms with E-state index in [0.29, 0.717) is 16.8 Å². The van der Waals surface area contributed by atoms with Crippen molar-refractivity contribution in [3.8, 4) is 11.6 Å². The summed E-state index contributed by atoms with van der Waals surface area (Å²) in [5.74, 6) is -1.49. The van der Waals surface area contributed by atoms with Gasteiger partial charge in [-0.15, -0.1) is 0 Å². The van der Waals surface area contributed by atoms with Crippen LogP contribution < -0.4 is 4.74 Å². The Bertz CT molecular complexity index is 578. The lowest BCUT2D eigenvalue weighted by molar-refractivity contribution is 0.403. The Balaban J connectivity index is 2.34. The zero-order chi connectivity index (χ0) is 13.1. The van der Waals surface area contributed by atoms with Crippen molar-refractivity contribution in [1.29, 1.82) is 0 Å². The highest BCUT2D eigenvalue weighted by molar-refractivity contribution is 9.10. The number of rotatable bonds is 3. The van der Waals surface area contributed by atoms with E-state index in [4.69, 9.17) is 4.74 Å². The molecule has 0 aliphatic rings. The molecule has 2 rings (SSSR count). The minimum Gasteiger partial charge on any atom is -0.436 e. The second-order valence-corrected chi connectivity index (χ2v) is 4.27. The van der Waals surface area contributed by atoms with E-state index >= 15 is 0 Å². The van der Waals surface area contributed by atoms with Gasteiger partial charge >= 0.3 is 0 Å². The molecule has 6 heteroatoms. The van der Waals surface area contributed by atoms with E-state index in [1.54, 1.807) is 0 Å². The van der Waals surface area contributed by atoms with Gasteiger partial charge in [-0.05, 0) is 28.1 Å². The van der Waals surface area contributed by atoms with Crippen LogP contribution in [0.15, 0.2) is 28.9 Å². The molecule has 0 fully saturated rings. The van der Waals surface area contributed by atoms with Crippen LogP contribution in [-0.2, 0) is 6.42 Å². The molecule has 0 aliphatic carbocycles. The van der Waals surface area contributed by atoms with Crippen LogP contribution >= 0.6 is 15.9 Å². The number of nitrogens with zero attached hydrogens (tertiary/aromatic N) is 2. The topological polar surface area (TPSA) is 35.0 Å². The van der Waals surface area contributed by atoms with Crippen molar-refractivity contribution in [2.75, 3.05) is 0 Å². The van der Waals surface area contributed by atoms with Crippen molar-refractivity contribution in [2.24, 2.45) is 0 Å². The molecule has 0 aliphatic heterocycles. The summed E-state index contributed by atoms with van der Waals surface area (Å²) in [6.45, 7) is 1.88. The van der Waals surface area contributed by atoms with E-state index in [0.717, 1.165) is 6.07 Å². The van der Waals surface area contributed by atoms with Crippen LogP contribution in [0.4, 0.5) is 8.78 Å². The number of aryl methyl sites for hydroxylation is 1. The molecular formula is C12H9BrF2N2O. The second-order valence-electron chi connectivity index (χ2n) is 3.45. The Labute approximate surface area is 111 Å². The van der Waals surface area contributed by atoms with Crippen molar-refractivity contribution in [2.45, 2.75) is 13.3 Å². The maximum atomic E-state index is 13.4. The summed E-state index contributed by atoms with van der Waals surface area (Å²) in [5.41, 5.74) is 0. The Hall–Kier alpha value is -1.56. The van der Waals surface area contributed by atoms with Crippen LogP contribution in [0.5, 0.6) is 11.6 Å². The Morgan fingerprint density at radius 2 is 2.06 bits per heavy atom. The molecule has 0 N–H and O–H groups in total. The highest BCUT2D eigenvalue weighted by Crippen LogP contribution is 2.25. The summed E-state index contributed by atoms with van der Waals surface area (Å²) in [6.07, 6.45) is 0.613. The predicted molar refractivity (Wildman–Crippen MR) is 65.5 cm³/mol. The first-order valence-electron chi connectivity index (χ1n) is 5.25. The van der Waals surface area contributed by atoms with E-state index in [2.05, 4.69) is 25.9 Å². The molecule has 0 radical (unpaired) electrons. The van der Waals surface area contributed by atoms with Gasteiger partial charge in [-0.2, -0.15) is 9.37 Å². The molecule has 18 heavy (non-hydrogen) atoms. The summed E-state index contributed by atoms with van der Waals surface area (Å²) >= 11 is 3.20. The minimum atomic E-state index is -1.04. The first-order chi connectivity index (χ1) is 8.60. The van der Waals surface area contributed by atoms with E-state index in [1.165, 1.54) is 18.2 Å². The van der Waals surface area contributed by atoms with E-state index < -0.39 is 11.6 Å². The summed E-state index contributed by atoms with van der Waals surface area (Å²) in [7, 11) is 0. The fraction of sp³-hybridized carbons (Fsp3) is 0.167. The Morgan fingerprint density at radius 1 is 1.28 bits per heavy atom. The summed E-state index contributed by atoms with van der Waals surface area (Å²) < 4.78 is 32.2. The first-order valence-corrected chi connectivity index (χ1v) is 6.04. The smallest absolute Gasteiger partial charge is 0.223 e. The third-order valence-electron chi connectivity index (χ3n) is 2.16. The van der Waals surface area contributed by atoms with Gasteiger partial charge in [-0.25, -0.2) is 9.37 Å². The van der Waals surface area contributed by atoms with Crippen LogP contribution in [-0.4, -0.2) is 9.97 Å². The highest BCUT2D eigenvalue weighted by Gasteiger charge is 2.11. The van der Waals surface area contributed by atoms with Crippen molar-refractivity contribution < 1.29 is 13.5 Å². The number of benzene rings is 1. The summed E-state index contributed by atoms with van der Waals surface area (Å²) in [4.78, 5) is 8.16.